The number of carbonyl (C=O) groups excluding carboxylic acids is 1. The zero-order valence-electron chi connectivity index (χ0n) is 15.1. The maximum atomic E-state index is 12.1. The van der Waals surface area contributed by atoms with E-state index in [1.165, 1.54) is 6.07 Å². The van der Waals surface area contributed by atoms with Crippen molar-refractivity contribution in [3.05, 3.63) is 52.1 Å². The van der Waals surface area contributed by atoms with Crippen molar-refractivity contribution < 1.29 is 23.6 Å². The molecule has 0 bridgehead atoms. The first-order valence-corrected chi connectivity index (χ1v) is 9.39. The summed E-state index contributed by atoms with van der Waals surface area (Å²) >= 11 is 1.06. The second kappa shape index (κ2) is 7.80. The molecule has 2 heterocycles. The molecule has 0 saturated carbocycles. The van der Waals surface area contributed by atoms with Crippen LogP contribution >= 0.6 is 11.8 Å². The molecule has 0 unspecified atom stereocenters. The third-order valence-electron chi connectivity index (χ3n) is 4.04. The Bertz CT molecular complexity index is 1100. The van der Waals surface area contributed by atoms with Crippen LogP contribution in [0.4, 0.5) is 11.4 Å². The molecule has 4 rings (SSSR count). The van der Waals surface area contributed by atoms with Crippen LogP contribution in [0.5, 0.6) is 11.5 Å². The number of carbonyl (C=O) groups is 1. The van der Waals surface area contributed by atoms with E-state index in [2.05, 4.69) is 15.5 Å². The van der Waals surface area contributed by atoms with Crippen LogP contribution < -0.4 is 14.8 Å². The number of benzene rings is 2. The Kier molecular flexibility index (Phi) is 5.04. The standard InChI is InChI=1S/C18H14N4O6S/c1-10-2-4-12(7-13(10)22(24)25)19-16(23)8-29-18-21-20-17(28-18)11-3-5-14-15(6-11)27-9-26-14/h2-7H,8-9H2,1H3,(H,19,23). The molecule has 10 nitrogen and oxygen atoms in total. The number of aromatic nitrogens is 2. The average molecular weight is 414 g/mol. The molecular formula is C18H14N4O6S. The Morgan fingerprint density at radius 2 is 2.03 bits per heavy atom. The molecule has 29 heavy (non-hydrogen) atoms. The molecule has 0 spiro atoms. The molecule has 148 valence electrons. The number of hydrogen-bond donors (Lipinski definition) is 1. The van der Waals surface area contributed by atoms with E-state index in [9.17, 15) is 14.9 Å². The summed E-state index contributed by atoms with van der Waals surface area (Å²) in [5.74, 6) is 1.19. The highest BCUT2D eigenvalue weighted by Crippen LogP contribution is 2.36. The second-order valence-corrected chi connectivity index (χ2v) is 6.96. The van der Waals surface area contributed by atoms with Crippen LogP contribution in [-0.4, -0.2) is 33.6 Å². The van der Waals surface area contributed by atoms with Crippen LogP contribution in [0.2, 0.25) is 0 Å². The number of nitro groups is 1. The minimum absolute atomic E-state index is 0.00441. The van der Waals surface area contributed by atoms with Gasteiger partial charge in [0.25, 0.3) is 10.9 Å². The lowest BCUT2D eigenvalue weighted by Gasteiger charge is -2.05. The van der Waals surface area contributed by atoms with Gasteiger partial charge < -0.3 is 19.2 Å². The zero-order chi connectivity index (χ0) is 20.4. The molecule has 2 aromatic carbocycles. The molecule has 11 heteroatoms. The van der Waals surface area contributed by atoms with Crippen molar-refractivity contribution in [1.29, 1.82) is 0 Å². The summed E-state index contributed by atoms with van der Waals surface area (Å²) < 4.78 is 16.2. The van der Waals surface area contributed by atoms with E-state index in [0.717, 1.165) is 11.8 Å². The summed E-state index contributed by atoms with van der Waals surface area (Å²) in [6.07, 6.45) is 0. The number of ether oxygens (including phenoxy) is 2. The fraction of sp³-hybridized carbons (Fsp3) is 0.167. The normalized spacial score (nSPS) is 12.0. The molecule has 0 radical (unpaired) electrons. The van der Waals surface area contributed by atoms with E-state index in [-0.39, 0.29) is 29.4 Å². The van der Waals surface area contributed by atoms with Crippen LogP contribution in [0, 0.1) is 17.0 Å². The topological polar surface area (TPSA) is 130 Å². The lowest BCUT2D eigenvalue weighted by atomic mass is 10.2. The molecule has 1 amide bonds. The predicted octanol–water partition coefficient (Wildman–Crippen LogP) is 3.41. The summed E-state index contributed by atoms with van der Waals surface area (Å²) in [7, 11) is 0. The molecule has 3 aromatic rings. The summed E-state index contributed by atoms with van der Waals surface area (Å²) in [6, 6.07) is 9.77. The molecular weight excluding hydrogens is 400 g/mol. The van der Waals surface area contributed by atoms with Crippen LogP contribution in [0.3, 0.4) is 0 Å². The molecule has 1 aromatic heterocycles. The van der Waals surface area contributed by atoms with Gasteiger partial charge in [0, 0.05) is 22.9 Å². The molecule has 0 atom stereocenters. The number of thioether (sulfide) groups is 1. The molecule has 1 aliphatic rings. The predicted molar refractivity (Wildman–Crippen MR) is 103 cm³/mol. The van der Waals surface area contributed by atoms with E-state index in [1.54, 1.807) is 37.3 Å². The minimum Gasteiger partial charge on any atom is -0.454 e. The summed E-state index contributed by atoms with van der Waals surface area (Å²) in [6.45, 7) is 1.80. The largest absolute Gasteiger partial charge is 0.454 e. The number of aryl methyl sites for hydroxylation is 1. The van der Waals surface area contributed by atoms with Crippen molar-refractivity contribution in [1.82, 2.24) is 10.2 Å². The molecule has 1 aliphatic heterocycles. The lowest BCUT2D eigenvalue weighted by molar-refractivity contribution is -0.385. The highest BCUT2D eigenvalue weighted by molar-refractivity contribution is 7.99. The quantitative estimate of drug-likeness (QED) is 0.366. The van der Waals surface area contributed by atoms with Gasteiger partial charge in [-0.25, -0.2) is 0 Å². The summed E-state index contributed by atoms with van der Waals surface area (Å²) in [4.78, 5) is 22.6. The first-order valence-electron chi connectivity index (χ1n) is 8.41. The average Bonchev–Trinajstić information content (AvgIpc) is 3.36. The maximum Gasteiger partial charge on any atom is 0.277 e. The first kappa shape index (κ1) is 18.7. The Morgan fingerprint density at radius 1 is 1.21 bits per heavy atom. The van der Waals surface area contributed by atoms with Crippen molar-refractivity contribution in [3.63, 3.8) is 0 Å². The molecule has 1 N–H and O–H groups in total. The SMILES string of the molecule is Cc1ccc(NC(=O)CSc2nnc(-c3ccc4c(c3)OCO4)o2)cc1[N+](=O)[O-]. The van der Waals surface area contributed by atoms with Crippen LogP contribution in [0.25, 0.3) is 11.5 Å². The van der Waals surface area contributed by atoms with Crippen molar-refractivity contribution in [3.8, 4) is 23.0 Å². The minimum atomic E-state index is -0.490. The number of hydrogen-bond acceptors (Lipinski definition) is 9. The Balaban J connectivity index is 1.37. The third kappa shape index (κ3) is 4.14. The fourth-order valence-electron chi connectivity index (χ4n) is 2.62. The van der Waals surface area contributed by atoms with E-state index in [4.69, 9.17) is 13.9 Å². The summed E-state index contributed by atoms with van der Waals surface area (Å²) in [5, 5.41) is 21.7. The van der Waals surface area contributed by atoms with Gasteiger partial charge in [0.05, 0.1) is 10.7 Å². The summed E-state index contributed by atoms with van der Waals surface area (Å²) in [5.41, 5.74) is 1.48. The molecule has 0 aliphatic carbocycles. The maximum absolute atomic E-state index is 12.1. The van der Waals surface area contributed by atoms with Gasteiger partial charge in [-0.15, -0.1) is 10.2 Å². The van der Waals surface area contributed by atoms with Gasteiger partial charge in [-0.1, -0.05) is 17.8 Å². The van der Waals surface area contributed by atoms with Crippen molar-refractivity contribution in [2.75, 3.05) is 17.9 Å². The fourth-order valence-corrected chi connectivity index (χ4v) is 3.19. The highest BCUT2D eigenvalue weighted by atomic mass is 32.2. The second-order valence-electron chi connectivity index (χ2n) is 6.04. The van der Waals surface area contributed by atoms with Crippen LogP contribution in [0.15, 0.2) is 46.0 Å². The van der Waals surface area contributed by atoms with E-state index in [1.807, 2.05) is 0 Å². The van der Waals surface area contributed by atoms with Gasteiger partial charge in [-0.3, -0.25) is 14.9 Å². The smallest absolute Gasteiger partial charge is 0.277 e. The number of nitro benzene ring substituents is 1. The zero-order valence-corrected chi connectivity index (χ0v) is 15.9. The van der Waals surface area contributed by atoms with E-state index >= 15 is 0 Å². The number of nitrogens with one attached hydrogen (secondary N) is 1. The van der Waals surface area contributed by atoms with Crippen molar-refractivity contribution in [2.24, 2.45) is 0 Å². The van der Waals surface area contributed by atoms with E-state index in [0.29, 0.717) is 34.2 Å². The Morgan fingerprint density at radius 3 is 2.86 bits per heavy atom. The van der Waals surface area contributed by atoms with Gasteiger partial charge in [0.15, 0.2) is 11.5 Å². The van der Waals surface area contributed by atoms with Gasteiger partial charge in [-0.05, 0) is 31.2 Å². The van der Waals surface area contributed by atoms with E-state index < -0.39 is 4.92 Å². The van der Waals surface area contributed by atoms with Gasteiger partial charge in [0.1, 0.15) is 0 Å². The number of nitrogens with zero attached hydrogens (tertiary/aromatic N) is 3. The molecule has 0 fully saturated rings. The lowest BCUT2D eigenvalue weighted by Crippen LogP contribution is -2.14. The first-order chi connectivity index (χ1) is 14.0. The molecule has 0 saturated heterocycles. The number of rotatable bonds is 6. The van der Waals surface area contributed by atoms with Crippen molar-refractivity contribution >= 4 is 29.0 Å². The van der Waals surface area contributed by atoms with Gasteiger partial charge in [0.2, 0.25) is 18.6 Å². The Hall–Kier alpha value is -3.60. The van der Waals surface area contributed by atoms with Gasteiger partial charge in [-0.2, -0.15) is 0 Å². The van der Waals surface area contributed by atoms with Crippen LogP contribution in [0.1, 0.15) is 5.56 Å². The van der Waals surface area contributed by atoms with Crippen molar-refractivity contribution in [2.45, 2.75) is 12.1 Å². The van der Waals surface area contributed by atoms with Crippen LogP contribution in [-0.2, 0) is 4.79 Å². The monoisotopic (exact) mass is 414 g/mol. The third-order valence-corrected chi connectivity index (χ3v) is 4.86. The Labute approximate surface area is 168 Å². The number of fused-ring (bicyclic) bond motifs is 1. The van der Waals surface area contributed by atoms with Gasteiger partial charge >= 0.3 is 0 Å². The number of amides is 1. The number of anilines is 1. The highest BCUT2D eigenvalue weighted by Gasteiger charge is 2.18.